The van der Waals surface area contributed by atoms with Crippen LogP contribution in [-0.2, 0) is 18.8 Å². The fraction of sp³-hybridized carbons (Fsp3) is 0.917. The molecule has 0 amide bonds. The van der Waals surface area contributed by atoms with E-state index in [1.54, 1.807) is 7.11 Å². The van der Waals surface area contributed by atoms with Crippen LogP contribution in [0.15, 0.2) is 0 Å². The van der Waals surface area contributed by atoms with Crippen LogP contribution in [0.2, 0.25) is 0 Å². The van der Waals surface area contributed by atoms with E-state index < -0.39 is 12.6 Å². The summed E-state index contributed by atoms with van der Waals surface area (Å²) < 4.78 is 21.5. The molecular weight excluding hydrogens is 271 g/mol. The predicted octanol–water partition coefficient (Wildman–Crippen LogP) is 3.97. The van der Waals surface area contributed by atoms with Crippen molar-refractivity contribution in [2.75, 3.05) is 19.2 Å². The molecule has 0 aliphatic rings. The number of hydrogen-bond donors (Lipinski definition) is 0. The van der Waals surface area contributed by atoms with Crippen LogP contribution in [0.5, 0.6) is 0 Å². The molecular formula is C12H24O4PS+. The quantitative estimate of drug-likeness (QED) is 0.279. The third-order valence-electron chi connectivity index (χ3n) is 1.96. The second-order valence-corrected chi connectivity index (χ2v) is 8.59. The maximum atomic E-state index is 11.4. The van der Waals surface area contributed by atoms with Gasteiger partial charge in [0.15, 0.2) is 17.5 Å². The molecule has 0 heterocycles. The second-order valence-electron chi connectivity index (χ2n) is 4.99. The highest BCUT2D eigenvalue weighted by molar-refractivity contribution is 8.51. The lowest BCUT2D eigenvalue weighted by molar-refractivity contribution is -0.154. The highest BCUT2D eigenvalue weighted by Gasteiger charge is 2.17. The largest absolute Gasteiger partial charge is 0.460 e. The number of carbonyl (C=O) groups excluding carboxylic acids is 1. The Bertz CT molecular complexity index is 263. The van der Waals surface area contributed by atoms with Crippen LogP contribution in [0.1, 0.15) is 46.5 Å². The Morgan fingerprint density at radius 2 is 1.89 bits per heavy atom. The van der Waals surface area contributed by atoms with Gasteiger partial charge in [-0.15, -0.1) is 0 Å². The van der Waals surface area contributed by atoms with E-state index in [4.69, 9.17) is 9.47 Å². The minimum Gasteiger partial charge on any atom is -0.460 e. The van der Waals surface area contributed by atoms with Gasteiger partial charge in [-0.25, -0.2) is 0 Å². The summed E-state index contributed by atoms with van der Waals surface area (Å²) in [6.45, 7) is 5.59. The third-order valence-corrected chi connectivity index (χ3v) is 4.99. The van der Waals surface area contributed by atoms with Crippen molar-refractivity contribution in [2.45, 2.75) is 52.1 Å². The Hall–Kier alpha value is -0.120. The molecule has 4 nitrogen and oxygen atoms in total. The molecule has 1 atom stereocenters. The van der Waals surface area contributed by atoms with E-state index in [2.05, 4.69) is 0 Å². The van der Waals surface area contributed by atoms with Crippen molar-refractivity contribution < 1.29 is 18.8 Å². The summed E-state index contributed by atoms with van der Waals surface area (Å²) in [5.74, 6) is 0.327. The summed E-state index contributed by atoms with van der Waals surface area (Å²) in [5.41, 5.74) is -0.406. The molecule has 0 aliphatic heterocycles. The van der Waals surface area contributed by atoms with Crippen molar-refractivity contribution in [3.63, 3.8) is 0 Å². The number of ether oxygens (including phenoxy) is 2. The summed E-state index contributed by atoms with van der Waals surface area (Å²) in [4.78, 5) is 11.4. The Labute approximate surface area is 115 Å². The first-order valence-corrected chi connectivity index (χ1v) is 9.17. The lowest BCUT2D eigenvalue weighted by Gasteiger charge is -2.19. The van der Waals surface area contributed by atoms with Crippen LogP contribution >= 0.6 is 18.4 Å². The normalized spacial score (nSPS) is 12.3. The van der Waals surface area contributed by atoms with Crippen LogP contribution in [0.4, 0.5) is 0 Å². The van der Waals surface area contributed by atoms with E-state index >= 15 is 0 Å². The minimum absolute atomic E-state index is 0.152. The lowest BCUT2D eigenvalue weighted by Crippen LogP contribution is -2.23. The molecule has 0 fully saturated rings. The topological polar surface area (TPSA) is 52.6 Å². The summed E-state index contributed by atoms with van der Waals surface area (Å²) in [5, 5.41) is 0. The molecule has 0 rings (SSSR count). The van der Waals surface area contributed by atoms with Gasteiger partial charge in [0.1, 0.15) is 11.5 Å². The summed E-state index contributed by atoms with van der Waals surface area (Å²) in [6, 6.07) is 0. The van der Waals surface area contributed by atoms with Gasteiger partial charge in [-0.3, -0.25) is 4.79 Å². The van der Waals surface area contributed by atoms with Gasteiger partial charge in [0.05, 0.1) is 0 Å². The van der Waals surface area contributed by atoms with E-state index in [0.29, 0.717) is 18.5 Å². The minimum atomic E-state index is -1.22. The first kappa shape index (κ1) is 17.9. The molecule has 0 bridgehead atoms. The monoisotopic (exact) mass is 295 g/mol. The third kappa shape index (κ3) is 12.3. The summed E-state index contributed by atoms with van der Waals surface area (Å²) >= 11 is 1.34. The Morgan fingerprint density at radius 1 is 1.22 bits per heavy atom. The molecule has 0 spiro atoms. The molecule has 6 heteroatoms. The van der Waals surface area contributed by atoms with Crippen LogP contribution in [-0.4, -0.2) is 30.8 Å². The molecule has 0 radical (unpaired) electrons. The average molecular weight is 295 g/mol. The van der Waals surface area contributed by atoms with Gasteiger partial charge in [-0.05, 0) is 40.0 Å². The zero-order valence-corrected chi connectivity index (χ0v) is 13.4. The van der Waals surface area contributed by atoms with Crippen molar-refractivity contribution in [1.82, 2.24) is 0 Å². The molecule has 106 valence electrons. The molecule has 0 saturated carbocycles. The molecule has 0 aromatic carbocycles. The molecule has 18 heavy (non-hydrogen) atoms. The van der Waals surface area contributed by atoms with Crippen LogP contribution in [0.3, 0.4) is 0 Å². The SMILES string of the molecule is COCS[P+](=O)CCCCCC(=O)OC(C)(C)C. The highest BCUT2D eigenvalue weighted by atomic mass is 32.7. The van der Waals surface area contributed by atoms with Gasteiger partial charge in [-0.1, -0.05) is 4.57 Å². The first-order chi connectivity index (χ1) is 8.35. The van der Waals surface area contributed by atoms with Crippen LogP contribution in [0.25, 0.3) is 0 Å². The number of unbranched alkanes of at least 4 members (excludes halogenated alkanes) is 2. The van der Waals surface area contributed by atoms with E-state index in [0.717, 1.165) is 19.3 Å². The molecule has 0 aliphatic carbocycles. The fourth-order valence-electron chi connectivity index (χ4n) is 1.26. The number of hydrogen-bond acceptors (Lipinski definition) is 5. The van der Waals surface area contributed by atoms with Gasteiger partial charge >= 0.3 is 13.0 Å². The molecule has 0 saturated heterocycles. The van der Waals surface area contributed by atoms with E-state index in [1.165, 1.54) is 11.4 Å². The zero-order chi connectivity index (χ0) is 14.0. The lowest BCUT2D eigenvalue weighted by atomic mass is 10.2. The predicted molar refractivity (Wildman–Crippen MR) is 76.3 cm³/mol. The van der Waals surface area contributed by atoms with Gasteiger partial charge < -0.3 is 9.47 Å². The maximum Gasteiger partial charge on any atom is 0.412 e. The van der Waals surface area contributed by atoms with Gasteiger partial charge in [-0.2, -0.15) is 0 Å². The molecule has 1 unspecified atom stereocenters. The van der Waals surface area contributed by atoms with Crippen molar-refractivity contribution in [3.05, 3.63) is 0 Å². The highest BCUT2D eigenvalue weighted by Crippen LogP contribution is 2.38. The van der Waals surface area contributed by atoms with E-state index in [9.17, 15) is 9.36 Å². The van der Waals surface area contributed by atoms with Gasteiger partial charge in [0.2, 0.25) is 0 Å². The Morgan fingerprint density at radius 3 is 2.44 bits per heavy atom. The van der Waals surface area contributed by atoms with Crippen molar-refractivity contribution >= 4 is 24.4 Å². The molecule has 0 N–H and O–H groups in total. The number of carbonyl (C=O) groups is 1. The summed E-state index contributed by atoms with van der Waals surface area (Å²) in [6.07, 6.45) is 3.73. The number of rotatable bonds is 9. The van der Waals surface area contributed by atoms with Gasteiger partial charge in [0, 0.05) is 13.5 Å². The van der Waals surface area contributed by atoms with E-state index in [1.807, 2.05) is 20.8 Å². The van der Waals surface area contributed by atoms with Crippen molar-refractivity contribution in [2.24, 2.45) is 0 Å². The summed E-state index contributed by atoms with van der Waals surface area (Å²) in [7, 11) is 0.379. The molecule has 0 aromatic heterocycles. The Kier molecular flexibility index (Phi) is 9.70. The molecule has 0 aromatic rings. The average Bonchev–Trinajstić information content (AvgIpc) is 2.23. The van der Waals surface area contributed by atoms with Crippen LogP contribution < -0.4 is 0 Å². The first-order valence-electron chi connectivity index (χ1n) is 6.13. The van der Waals surface area contributed by atoms with Gasteiger partial charge in [0.25, 0.3) is 0 Å². The van der Waals surface area contributed by atoms with Crippen molar-refractivity contribution in [3.8, 4) is 0 Å². The maximum absolute atomic E-state index is 11.4. The van der Waals surface area contributed by atoms with Crippen LogP contribution in [0, 0.1) is 0 Å². The smallest absolute Gasteiger partial charge is 0.412 e. The standard InChI is InChI=1S/C12H24O4PS/c1-12(2,3)16-11(13)8-6-5-7-9-17(14)18-10-15-4/h5-10H2,1-4H3/q+1. The fourth-order valence-corrected chi connectivity index (χ4v) is 3.53. The Balaban J connectivity index is 3.45. The zero-order valence-electron chi connectivity index (χ0n) is 11.7. The van der Waals surface area contributed by atoms with Crippen molar-refractivity contribution in [1.29, 1.82) is 0 Å². The number of methoxy groups -OCH3 is 1. The number of esters is 1. The van der Waals surface area contributed by atoms with E-state index in [-0.39, 0.29) is 5.97 Å². The second kappa shape index (κ2) is 9.76.